The third kappa shape index (κ3) is 2.82. The highest BCUT2D eigenvalue weighted by Gasteiger charge is 2.53. The van der Waals surface area contributed by atoms with Gasteiger partial charge in [-0.3, -0.25) is 9.69 Å². The van der Waals surface area contributed by atoms with Gasteiger partial charge in [0.15, 0.2) is 6.04 Å². The molecule has 1 atom stereocenters. The normalized spacial score (nSPS) is 24.1. The fraction of sp³-hybridized carbons (Fsp3) is 0.500. The van der Waals surface area contributed by atoms with E-state index in [4.69, 9.17) is 16.3 Å². The number of carbonyl (C=O) groups is 2. The molecule has 0 radical (unpaired) electrons. The number of likely N-dealkylation sites (tertiary alicyclic amines) is 1. The predicted molar refractivity (Wildman–Crippen MR) is 84.5 cm³/mol. The largest absolute Gasteiger partial charge is 0.480 e. The number of aliphatic carboxylic acids is 1. The van der Waals surface area contributed by atoms with E-state index in [-0.39, 0.29) is 12.5 Å². The molecule has 1 spiro atoms. The van der Waals surface area contributed by atoms with E-state index in [1.165, 1.54) is 4.90 Å². The number of halogens is 1. The number of hydrogen-bond donors (Lipinski definition) is 1. The van der Waals surface area contributed by atoms with Gasteiger partial charge in [0.05, 0.1) is 17.2 Å². The van der Waals surface area contributed by atoms with Gasteiger partial charge in [0.1, 0.15) is 5.72 Å². The van der Waals surface area contributed by atoms with Crippen molar-refractivity contribution in [3.05, 3.63) is 34.9 Å². The lowest BCUT2D eigenvalue weighted by molar-refractivity contribution is -0.143. The van der Waals surface area contributed by atoms with Crippen molar-refractivity contribution in [1.82, 2.24) is 9.80 Å². The summed E-state index contributed by atoms with van der Waals surface area (Å²) in [6.45, 7) is 1.51. The molecule has 6 nitrogen and oxygen atoms in total. The summed E-state index contributed by atoms with van der Waals surface area (Å²) in [6, 6.07) is 5.71. The van der Waals surface area contributed by atoms with Crippen LogP contribution in [0.5, 0.6) is 0 Å². The van der Waals surface area contributed by atoms with Gasteiger partial charge in [0.2, 0.25) is 0 Å². The molecular weight excluding hydrogens is 320 g/mol. The van der Waals surface area contributed by atoms with Gasteiger partial charge in [0.25, 0.3) is 5.91 Å². The summed E-state index contributed by atoms with van der Waals surface area (Å²) in [5.41, 5.74) is -0.546. The van der Waals surface area contributed by atoms with Gasteiger partial charge in [0, 0.05) is 25.9 Å². The Kier molecular flexibility index (Phi) is 4.31. The number of piperidine rings is 1. The van der Waals surface area contributed by atoms with Gasteiger partial charge >= 0.3 is 5.97 Å². The molecule has 2 aliphatic rings. The fourth-order valence-electron chi connectivity index (χ4n) is 3.29. The number of carboxylic acids is 1. The highest BCUT2D eigenvalue weighted by Crippen LogP contribution is 2.38. The average Bonchev–Trinajstić information content (AvgIpc) is 2.90. The monoisotopic (exact) mass is 338 g/mol. The van der Waals surface area contributed by atoms with Gasteiger partial charge < -0.3 is 14.7 Å². The Balaban J connectivity index is 1.98. The summed E-state index contributed by atoms with van der Waals surface area (Å²) in [4.78, 5) is 28.2. The van der Waals surface area contributed by atoms with Crippen LogP contribution in [0.25, 0.3) is 0 Å². The molecule has 0 saturated carbocycles. The van der Waals surface area contributed by atoms with Crippen molar-refractivity contribution in [2.45, 2.75) is 24.6 Å². The van der Waals surface area contributed by atoms with Gasteiger partial charge in [-0.1, -0.05) is 23.7 Å². The quantitative estimate of drug-likeness (QED) is 0.888. The highest BCUT2D eigenvalue weighted by atomic mass is 35.5. The Bertz CT molecular complexity index is 628. The Labute approximate surface area is 139 Å². The molecule has 0 unspecified atom stereocenters. The molecule has 1 N–H and O–H groups in total. The first-order chi connectivity index (χ1) is 10.9. The van der Waals surface area contributed by atoms with Crippen LogP contribution in [0.1, 0.15) is 23.2 Å². The van der Waals surface area contributed by atoms with Crippen LogP contribution >= 0.6 is 11.6 Å². The smallest absolute Gasteiger partial charge is 0.328 e. The number of amides is 1. The van der Waals surface area contributed by atoms with E-state index in [1.807, 2.05) is 7.05 Å². The molecule has 1 amide bonds. The second-order valence-corrected chi connectivity index (χ2v) is 6.48. The number of ether oxygens (including phenoxy) is 1. The molecule has 0 aromatic heterocycles. The number of carboxylic acid groups (broad SMARTS) is 1. The molecule has 0 aliphatic carbocycles. The molecule has 2 saturated heterocycles. The summed E-state index contributed by atoms with van der Waals surface area (Å²) in [6.07, 6.45) is 1.17. The van der Waals surface area contributed by atoms with Crippen molar-refractivity contribution in [3.63, 3.8) is 0 Å². The van der Waals surface area contributed by atoms with Crippen LogP contribution < -0.4 is 0 Å². The van der Waals surface area contributed by atoms with Crippen LogP contribution in [-0.2, 0) is 9.53 Å². The Morgan fingerprint density at radius 3 is 2.57 bits per heavy atom. The van der Waals surface area contributed by atoms with Crippen LogP contribution in [0, 0.1) is 0 Å². The lowest BCUT2D eigenvalue weighted by Crippen LogP contribution is -2.57. The summed E-state index contributed by atoms with van der Waals surface area (Å²) in [5.74, 6) is -1.44. The third-order valence-electron chi connectivity index (χ3n) is 4.64. The SMILES string of the molecule is CN1CCC2(CC1)OC[C@@H](C(=O)O)N2C(=O)c1ccccc1Cl. The van der Waals surface area contributed by atoms with Gasteiger partial charge in [-0.2, -0.15) is 0 Å². The van der Waals surface area contributed by atoms with E-state index in [1.54, 1.807) is 24.3 Å². The zero-order valence-electron chi connectivity index (χ0n) is 12.9. The summed E-state index contributed by atoms with van der Waals surface area (Å²) < 4.78 is 5.85. The zero-order chi connectivity index (χ0) is 16.6. The minimum absolute atomic E-state index is 0.00917. The topological polar surface area (TPSA) is 70.1 Å². The highest BCUT2D eigenvalue weighted by molar-refractivity contribution is 6.33. The van der Waals surface area contributed by atoms with Crippen molar-refractivity contribution < 1.29 is 19.4 Å². The average molecular weight is 339 g/mol. The number of carbonyl (C=O) groups excluding carboxylic acids is 1. The maximum atomic E-state index is 13.0. The number of benzene rings is 1. The van der Waals surface area contributed by atoms with Crippen molar-refractivity contribution in [2.75, 3.05) is 26.7 Å². The van der Waals surface area contributed by atoms with E-state index in [2.05, 4.69) is 4.90 Å². The maximum absolute atomic E-state index is 13.0. The first kappa shape index (κ1) is 16.2. The van der Waals surface area contributed by atoms with Crippen LogP contribution in [-0.4, -0.2) is 65.3 Å². The molecule has 124 valence electrons. The van der Waals surface area contributed by atoms with E-state index in [9.17, 15) is 14.7 Å². The minimum atomic E-state index is -1.05. The molecule has 1 aromatic carbocycles. The summed E-state index contributed by atoms with van der Waals surface area (Å²) >= 11 is 6.13. The zero-order valence-corrected chi connectivity index (χ0v) is 13.6. The van der Waals surface area contributed by atoms with E-state index in [0.29, 0.717) is 23.4 Å². The minimum Gasteiger partial charge on any atom is -0.480 e. The van der Waals surface area contributed by atoms with Gasteiger partial charge in [-0.25, -0.2) is 4.79 Å². The molecule has 2 heterocycles. The first-order valence-electron chi connectivity index (χ1n) is 7.58. The number of rotatable bonds is 2. The van der Waals surface area contributed by atoms with Crippen LogP contribution in [0.15, 0.2) is 24.3 Å². The molecule has 1 aromatic rings. The Morgan fingerprint density at radius 2 is 1.96 bits per heavy atom. The van der Waals surface area contributed by atoms with E-state index in [0.717, 1.165) is 13.1 Å². The number of hydrogen-bond acceptors (Lipinski definition) is 4. The standard InChI is InChI=1S/C16H19ClN2O4/c1-18-8-6-16(7-9-18)19(13(10-23-16)15(21)22)14(20)11-4-2-3-5-12(11)17/h2-5,13H,6-10H2,1H3,(H,21,22)/t13-/m0/s1. The van der Waals surface area contributed by atoms with Crippen LogP contribution in [0.3, 0.4) is 0 Å². The molecule has 23 heavy (non-hydrogen) atoms. The number of nitrogens with zero attached hydrogens (tertiary/aromatic N) is 2. The van der Waals surface area contributed by atoms with Gasteiger partial charge in [-0.15, -0.1) is 0 Å². The van der Waals surface area contributed by atoms with Gasteiger partial charge in [-0.05, 0) is 19.2 Å². The summed E-state index contributed by atoms with van der Waals surface area (Å²) in [5, 5.41) is 9.81. The lowest BCUT2D eigenvalue weighted by Gasteiger charge is -2.43. The first-order valence-corrected chi connectivity index (χ1v) is 7.96. The van der Waals surface area contributed by atoms with Crippen molar-refractivity contribution in [1.29, 1.82) is 0 Å². The molecule has 0 bridgehead atoms. The van der Waals surface area contributed by atoms with Crippen molar-refractivity contribution in [2.24, 2.45) is 0 Å². The lowest BCUT2D eigenvalue weighted by atomic mass is 9.97. The predicted octanol–water partition coefficient (Wildman–Crippen LogP) is 1.69. The Morgan fingerprint density at radius 1 is 1.30 bits per heavy atom. The van der Waals surface area contributed by atoms with Crippen molar-refractivity contribution >= 4 is 23.5 Å². The summed E-state index contributed by atoms with van der Waals surface area (Å²) in [7, 11) is 2.00. The van der Waals surface area contributed by atoms with E-state index < -0.39 is 17.7 Å². The maximum Gasteiger partial charge on any atom is 0.328 e. The molecule has 7 heteroatoms. The fourth-order valence-corrected chi connectivity index (χ4v) is 3.50. The Hall–Kier alpha value is -1.63. The van der Waals surface area contributed by atoms with Crippen LogP contribution in [0.4, 0.5) is 0 Å². The molecule has 2 aliphatic heterocycles. The van der Waals surface area contributed by atoms with Crippen molar-refractivity contribution in [3.8, 4) is 0 Å². The molecule has 3 rings (SSSR count). The second kappa shape index (κ2) is 6.11. The van der Waals surface area contributed by atoms with E-state index >= 15 is 0 Å². The molecule has 2 fully saturated rings. The van der Waals surface area contributed by atoms with Crippen LogP contribution in [0.2, 0.25) is 5.02 Å². The second-order valence-electron chi connectivity index (χ2n) is 6.07. The molecular formula is C16H19ClN2O4. The third-order valence-corrected chi connectivity index (χ3v) is 4.97.